The van der Waals surface area contributed by atoms with Crippen molar-refractivity contribution in [3.8, 4) is 5.75 Å². The maximum absolute atomic E-state index is 13.1. The highest BCUT2D eigenvalue weighted by Gasteiger charge is 2.22. The van der Waals surface area contributed by atoms with Crippen LogP contribution in [0.25, 0.3) is 10.9 Å². The van der Waals surface area contributed by atoms with Crippen LogP contribution < -0.4 is 10.1 Å². The van der Waals surface area contributed by atoms with Crippen molar-refractivity contribution in [2.45, 2.75) is 22.6 Å². The van der Waals surface area contributed by atoms with Gasteiger partial charge in [0.1, 0.15) is 12.4 Å². The Morgan fingerprint density at radius 1 is 1.07 bits per heavy atom. The van der Waals surface area contributed by atoms with E-state index in [-0.39, 0.29) is 30.5 Å². The number of fused-ring (bicyclic) bond motifs is 3. The highest BCUT2D eigenvalue weighted by Crippen LogP contribution is 2.31. The smallest absolute Gasteiger partial charge is 0.206 e. The summed E-state index contributed by atoms with van der Waals surface area (Å²) in [5.74, 6) is 0.532. The van der Waals surface area contributed by atoms with Crippen LogP contribution in [0.5, 0.6) is 5.75 Å². The molecule has 1 aliphatic rings. The largest absolute Gasteiger partial charge is 0.491 e. The molecule has 0 saturated heterocycles. The summed E-state index contributed by atoms with van der Waals surface area (Å²) in [6.07, 6.45) is 1.84. The highest BCUT2D eigenvalue weighted by atomic mass is 35.5. The second-order valence-corrected chi connectivity index (χ2v) is 8.91. The van der Waals surface area contributed by atoms with Crippen LogP contribution in [0.1, 0.15) is 11.3 Å². The fourth-order valence-electron chi connectivity index (χ4n) is 3.88. The average Bonchev–Trinajstić information content (AvgIpc) is 2.87. The summed E-state index contributed by atoms with van der Waals surface area (Å²) >= 11 is 0. The van der Waals surface area contributed by atoms with Gasteiger partial charge in [-0.1, -0.05) is 0 Å². The molecular formula is C21H25ClN2O4S. The molecule has 1 aromatic heterocycles. The summed E-state index contributed by atoms with van der Waals surface area (Å²) in [6.45, 7) is 1.93. The molecule has 0 amide bonds. The molecule has 8 heteroatoms. The van der Waals surface area contributed by atoms with E-state index in [1.54, 1.807) is 30.3 Å². The summed E-state index contributed by atoms with van der Waals surface area (Å²) in [7, 11) is -1.58. The second kappa shape index (κ2) is 8.75. The number of aliphatic hydroxyl groups is 1. The first-order valence-corrected chi connectivity index (χ1v) is 10.9. The number of halogens is 1. The number of hydrogen-bond acceptors (Lipinski definition) is 5. The maximum Gasteiger partial charge on any atom is 0.206 e. The Balaban J connectivity index is 0.00000240. The summed E-state index contributed by atoms with van der Waals surface area (Å²) in [5.41, 5.74) is 3.59. The lowest BCUT2D eigenvalue weighted by Crippen LogP contribution is -2.17. The first-order valence-electron chi connectivity index (χ1n) is 9.42. The highest BCUT2D eigenvalue weighted by molar-refractivity contribution is 7.91. The van der Waals surface area contributed by atoms with E-state index in [2.05, 4.69) is 9.88 Å². The van der Waals surface area contributed by atoms with E-state index in [1.165, 1.54) is 11.3 Å². The van der Waals surface area contributed by atoms with Crippen molar-refractivity contribution >= 4 is 33.1 Å². The van der Waals surface area contributed by atoms with Crippen LogP contribution in [-0.2, 0) is 29.7 Å². The molecule has 2 aromatic carbocycles. The number of nitrogens with zero attached hydrogens (tertiary/aromatic N) is 1. The molecule has 1 aliphatic heterocycles. The van der Waals surface area contributed by atoms with Gasteiger partial charge in [-0.15, -0.1) is 12.4 Å². The molecule has 0 saturated carbocycles. The molecule has 0 spiro atoms. The number of rotatable bonds is 5. The molecule has 2 heterocycles. The van der Waals surface area contributed by atoms with Crippen molar-refractivity contribution in [2.75, 3.05) is 26.3 Å². The SMILES string of the molecule is Cl.Cn1c2c(c3cc(S(=O)(=O)c4ccc(OCCO)cc4)ccc31)CCNCC2. The van der Waals surface area contributed by atoms with Crippen LogP contribution in [0.4, 0.5) is 0 Å². The minimum absolute atomic E-state index is 0. The average molecular weight is 437 g/mol. The summed E-state index contributed by atoms with van der Waals surface area (Å²) in [6, 6.07) is 11.7. The Bertz CT molecular complexity index is 1110. The Morgan fingerprint density at radius 2 is 1.76 bits per heavy atom. The van der Waals surface area contributed by atoms with Crippen molar-refractivity contribution in [2.24, 2.45) is 7.05 Å². The normalized spacial score (nSPS) is 14.1. The standard InChI is InChI=1S/C21H24N2O4S.ClH/c1-23-20-7-6-17(14-19(20)18-8-10-22-11-9-21(18)23)28(25,26)16-4-2-15(3-5-16)27-13-12-24;/h2-7,14,22,24H,8-13H2,1H3;1H. The molecule has 3 aromatic rings. The van der Waals surface area contributed by atoms with Gasteiger partial charge in [0.25, 0.3) is 0 Å². The third-order valence-electron chi connectivity index (χ3n) is 5.30. The number of aromatic nitrogens is 1. The van der Waals surface area contributed by atoms with Crippen LogP contribution in [0.2, 0.25) is 0 Å². The molecule has 0 bridgehead atoms. The zero-order valence-corrected chi connectivity index (χ0v) is 17.9. The summed E-state index contributed by atoms with van der Waals surface area (Å²) < 4.78 is 33.8. The molecule has 156 valence electrons. The van der Waals surface area contributed by atoms with Gasteiger partial charge in [0, 0.05) is 36.6 Å². The lowest BCUT2D eigenvalue weighted by molar-refractivity contribution is 0.201. The molecule has 29 heavy (non-hydrogen) atoms. The van der Waals surface area contributed by atoms with Crippen LogP contribution in [0.15, 0.2) is 52.3 Å². The number of aryl methyl sites for hydroxylation is 1. The third kappa shape index (κ3) is 4.00. The number of aliphatic hydroxyl groups excluding tert-OH is 1. The van der Waals surface area contributed by atoms with Crippen molar-refractivity contribution in [3.05, 3.63) is 53.7 Å². The van der Waals surface area contributed by atoms with Gasteiger partial charge < -0.3 is 19.7 Å². The Morgan fingerprint density at radius 3 is 2.48 bits per heavy atom. The van der Waals surface area contributed by atoms with Crippen molar-refractivity contribution in [1.29, 1.82) is 0 Å². The molecule has 0 radical (unpaired) electrons. The fraction of sp³-hybridized carbons (Fsp3) is 0.333. The number of nitrogens with one attached hydrogen (secondary N) is 1. The Kier molecular flexibility index (Phi) is 6.53. The van der Waals surface area contributed by atoms with E-state index in [4.69, 9.17) is 9.84 Å². The van der Waals surface area contributed by atoms with Gasteiger partial charge in [-0.3, -0.25) is 0 Å². The molecule has 4 rings (SSSR count). The van der Waals surface area contributed by atoms with E-state index in [1.807, 2.05) is 19.2 Å². The predicted molar refractivity (Wildman–Crippen MR) is 115 cm³/mol. The number of benzene rings is 2. The summed E-state index contributed by atoms with van der Waals surface area (Å²) in [4.78, 5) is 0.529. The van der Waals surface area contributed by atoms with Gasteiger partial charge in [0.2, 0.25) is 9.84 Å². The van der Waals surface area contributed by atoms with E-state index >= 15 is 0 Å². The zero-order chi connectivity index (χ0) is 19.7. The summed E-state index contributed by atoms with van der Waals surface area (Å²) in [5, 5.41) is 13.2. The molecule has 2 N–H and O–H groups in total. The third-order valence-corrected chi connectivity index (χ3v) is 7.07. The first kappa shape index (κ1) is 21.6. The van der Waals surface area contributed by atoms with Crippen LogP contribution >= 0.6 is 12.4 Å². The van der Waals surface area contributed by atoms with Gasteiger partial charge in [-0.05, 0) is 61.0 Å². The molecule has 0 atom stereocenters. The molecule has 0 aliphatic carbocycles. The lowest BCUT2D eigenvalue weighted by Gasteiger charge is -2.08. The van der Waals surface area contributed by atoms with Crippen LogP contribution in [0, 0.1) is 0 Å². The van der Waals surface area contributed by atoms with Crippen molar-refractivity contribution in [3.63, 3.8) is 0 Å². The van der Waals surface area contributed by atoms with Crippen LogP contribution in [0.3, 0.4) is 0 Å². The van der Waals surface area contributed by atoms with Crippen LogP contribution in [-0.4, -0.2) is 44.4 Å². The van der Waals surface area contributed by atoms with E-state index < -0.39 is 9.84 Å². The molecule has 6 nitrogen and oxygen atoms in total. The first-order chi connectivity index (χ1) is 13.5. The predicted octanol–water partition coefficient (Wildman–Crippen LogP) is 2.49. The second-order valence-electron chi connectivity index (χ2n) is 6.96. The molecule has 0 fully saturated rings. The van der Waals surface area contributed by atoms with Gasteiger partial charge in [0.15, 0.2) is 0 Å². The van der Waals surface area contributed by atoms with Gasteiger partial charge in [-0.2, -0.15) is 0 Å². The van der Waals surface area contributed by atoms with Crippen molar-refractivity contribution < 1.29 is 18.3 Å². The minimum Gasteiger partial charge on any atom is -0.491 e. The zero-order valence-electron chi connectivity index (χ0n) is 16.2. The van der Waals surface area contributed by atoms with E-state index in [0.717, 1.165) is 36.8 Å². The quantitative estimate of drug-likeness (QED) is 0.642. The molecular weight excluding hydrogens is 412 g/mol. The van der Waals surface area contributed by atoms with Gasteiger partial charge in [0.05, 0.1) is 16.4 Å². The number of hydrogen-bond donors (Lipinski definition) is 2. The van der Waals surface area contributed by atoms with Gasteiger partial charge >= 0.3 is 0 Å². The monoisotopic (exact) mass is 436 g/mol. The molecule has 0 unspecified atom stereocenters. The van der Waals surface area contributed by atoms with Gasteiger partial charge in [-0.25, -0.2) is 8.42 Å². The fourth-order valence-corrected chi connectivity index (χ4v) is 5.16. The van der Waals surface area contributed by atoms with E-state index in [0.29, 0.717) is 10.6 Å². The Hall–Kier alpha value is -2.06. The maximum atomic E-state index is 13.1. The number of ether oxygens (including phenoxy) is 1. The minimum atomic E-state index is -3.62. The topological polar surface area (TPSA) is 80.6 Å². The van der Waals surface area contributed by atoms with Crippen molar-refractivity contribution in [1.82, 2.24) is 9.88 Å². The number of sulfone groups is 1. The lowest BCUT2D eigenvalue weighted by atomic mass is 10.1. The van der Waals surface area contributed by atoms with E-state index in [9.17, 15) is 8.42 Å². The Labute approximate surface area is 176 Å².